The fourth-order valence-electron chi connectivity index (χ4n) is 7.93. The maximum Gasteiger partial charge on any atom is 0.0620 e. The van der Waals surface area contributed by atoms with Crippen molar-refractivity contribution in [3.63, 3.8) is 0 Å². The summed E-state index contributed by atoms with van der Waals surface area (Å²) < 4.78 is 7.63. The van der Waals surface area contributed by atoms with Gasteiger partial charge in [0, 0.05) is 63.6 Å². The van der Waals surface area contributed by atoms with Gasteiger partial charge in [0.25, 0.3) is 0 Å². The normalized spacial score (nSPS) is 12.7. The fourth-order valence-corrected chi connectivity index (χ4v) is 9.01. The van der Waals surface area contributed by atoms with Crippen LogP contribution in [0.2, 0.25) is 0 Å². The topological polar surface area (TPSA) is 9.34 Å². The lowest BCUT2D eigenvalue weighted by Crippen LogP contribution is -1.93. The Kier molecular flexibility index (Phi) is 3.99. The van der Waals surface area contributed by atoms with Crippen LogP contribution in [0.15, 0.2) is 133 Å². The molecule has 0 aliphatic heterocycles. The van der Waals surface area contributed by atoms with Crippen LogP contribution in [-0.2, 0) is 0 Å². The lowest BCUT2D eigenvalue weighted by molar-refractivity contribution is 1.19. The number of hydrogen-bond acceptors (Lipinski definition) is 1. The minimum Gasteiger partial charge on any atom is -0.309 e. The van der Waals surface area contributed by atoms with E-state index in [2.05, 4.69) is 142 Å². The highest BCUT2D eigenvalue weighted by Gasteiger charge is 2.22. The van der Waals surface area contributed by atoms with Crippen LogP contribution in [0.4, 0.5) is 0 Å². The van der Waals surface area contributed by atoms with Gasteiger partial charge in [0.2, 0.25) is 0 Å². The average molecular weight is 563 g/mol. The molecule has 0 atom stereocenters. The highest BCUT2D eigenvalue weighted by atomic mass is 32.1. The third-order valence-corrected chi connectivity index (χ3v) is 10.8. The molecule has 0 saturated carbocycles. The molecule has 0 N–H and O–H groups in total. The highest BCUT2D eigenvalue weighted by molar-refractivity contribution is 7.25. The van der Waals surface area contributed by atoms with Crippen LogP contribution < -0.4 is 0 Å². The van der Waals surface area contributed by atoms with E-state index < -0.39 is 0 Å². The maximum absolute atomic E-state index is 2.49. The zero-order valence-corrected chi connectivity index (χ0v) is 23.8. The Morgan fingerprint density at radius 3 is 1.98 bits per heavy atom. The van der Waals surface area contributed by atoms with E-state index in [9.17, 15) is 0 Å². The van der Waals surface area contributed by atoms with E-state index in [1.165, 1.54) is 96.5 Å². The molecule has 7 aromatic carbocycles. The minimum atomic E-state index is 1.20. The van der Waals surface area contributed by atoms with Gasteiger partial charge in [0.05, 0.1) is 27.6 Å². The Labute approximate surface area is 249 Å². The molecule has 4 aromatic heterocycles. The number of benzene rings is 7. The number of hydrogen-bond donors (Lipinski definition) is 0. The number of para-hydroxylation sites is 3. The van der Waals surface area contributed by atoms with Crippen molar-refractivity contribution in [2.75, 3.05) is 0 Å². The summed E-state index contributed by atoms with van der Waals surface area (Å²) >= 11 is 1.87. The fraction of sp³-hybridized carbons (Fsp3) is 0. The lowest BCUT2D eigenvalue weighted by atomic mass is 9.98. The Balaban J connectivity index is 1.35. The van der Waals surface area contributed by atoms with Crippen molar-refractivity contribution >= 4 is 102 Å². The summed E-state index contributed by atoms with van der Waals surface area (Å²) in [6.45, 7) is 0. The molecule has 4 heterocycles. The molecule has 43 heavy (non-hydrogen) atoms. The largest absolute Gasteiger partial charge is 0.309 e. The van der Waals surface area contributed by atoms with E-state index in [1.54, 1.807) is 0 Å². The molecule has 2 nitrogen and oxygen atoms in total. The smallest absolute Gasteiger partial charge is 0.0620 e. The van der Waals surface area contributed by atoms with Gasteiger partial charge < -0.3 is 8.97 Å². The lowest BCUT2D eigenvalue weighted by Gasteiger charge is -2.09. The molecular formula is C40H22N2S. The maximum atomic E-state index is 2.49. The number of rotatable bonds is 1. The molecule has 0 spiro atoms. The predicted molar refractivity (Wildman–Crippen MR) is 186 cm³/mol. The van der Waals surface area contributed by atoms with Crippen LogP contribution in [-0.4, -0.2) is 8.97 Å². The van der Waals surface area contributed by atoms with Crippen molar-refractivity contribution in [3.05, 3.63) is 133 Å². The van der Waals surface area contributed by atoms with E-state index in [4.69, 9.17) is 0 Å². The van der Waals surface area contributed by atoms with Crippen LogP contribution in [0.1, 0.15) is 0 Å². The highest BCUT2D eigenvalue weighted by Crippen LogP contribution is 2.46. The third-order valence-electron chi connectivity index (χ3n) is 9.62. The zero-order chi connectivity index (χ0) is 27.8. The molecule has 0 aliphatic carbocycles. The molecule has 0 amide bonds. The third kappa shape index (κ3) is 2.65. The minimum absolute atomic E-state index is 1.20. The first-order valence-corrected chi connectivity index (χ1v) is 15.6. The number of thiophene rings is 1. The first kappa shape index (κ1) is 22.2. The Morgan fingerprint density at radius 1 is 0.395 bits per heavy atom. The van der Waals surface area contributed by atoms with Crippen LogP contribution in [0.5, 0.6) is 0 Å². The molecule has 11 rings (SSSR count). The average Bonchev–Trinajstić information content (AvgIpc) is 3.79. The van der Waals surface area contributed by atoms with E-state index in [0.717, 1.165) is 0 Å². The first-order valence-electron chi connectivity index (χ1n) is 14.8. The molecule has 3 heteroatoms. The van der Waals surface area contributed by atoms with Crippen molar-refractivity contribution in [3.8, 4) is 5.69 Å². The zero-order valence-electron chi connectivity index (χ0n) is 23.0. The SMILES string of the molecule is c1ccc2c(c1)sc1ccc(-n3c4ccccc4c4c5c(ccc43)ccc3c5c4cccc5c6ccccc6n3c54)cc12. The summed E-state index contributed by atoms with van der Waals surface area (Å²) in [7, 11) is 0. The van der Waals surface area contributed by atoms with Crippen LogP contribution >= 0.6 is 11.3 Å². The van der Waals surface area contributed by atoms with Crippen LogP contribution in [0, 0.1) is 0 Å². The second kappa shape index (κ2) is 7.71. The second-order valence-corrected chi connectivity index (χ2v) is 12.8. The molecule has 0 radical (unpaired) electrons. The van der Waals surface area contributed by atoms with E-state index in [-0.39, 0.29) is 0 Å². The van der Waals surface area contributed by atoms with Gasteiger partial charge in [-0.2, -0.15) is 0 Å². The molecule has 0 unspecified atom stereocenters. The van der Waals surface area contributed by atoms with E-state index in [0.29, 0.717) is 0 Å². The van der Waals surface area contributed by atoms with Gasteiger partial charge >= 0.3 is 0 Å². The number of nitrogens with zero attached hydrogens (tertiary/aromatic N) is 2. The van der Waals surface area contributed by atoms with Gasteiger partial charge in [-0.05, 0) is 53.9 Å². The predicted octanol–water partition coefficient (Wildman–Crippen LogP) is 11.5. The standard InChI is InChI=1S/C40H22N2S/c1-4-13-31-25(8-1)27-11-7-12-29-39-34(42(31)40(27)29)20-17-23-16-19-33-38(37(23)39)28-10-2-5-14-32(28)41(33)24-18-21-36-30(22-24)26-9-3-6-15-35(26)43-36/h1-22H. The van der Waals surface area contributed by atoms with Gasteiger partial charge in [-0.25, -0.2) is 0 Å². The van der Waals surface area contributed by atoms with Crippen molar-refractivity contribution in [2.45, 2.75) is 0 Å². The van der Waals surface area contributed by atoms with Crippen LogP contribution in [0.3, 0.4) is 0 Å². The van der Waals surface area contributed by atoms with Crippen molar-refractivity contribution in [1.82, 2.24) is 8.97 Å². The molecule has 11 aromatic rings. The van der Waals surface area contributed by atoms with Crippen LogP contribution in [0.25, 0.3) is 96.5 Å². The van der Waals surface area contributed by atoms with E-state index in [1.807, 2.05) is 11.3 Å². The Morgan fingerprint density at radius 2 is 1.07 bits per heavy atom. The molecule has 0 saturated heterocycles. The summed E-state index contributed by atoms with van der Waals surface area (Å²) in [4.78, 5) is 0. The molecule has 198 valence electrons. The Hall–Kier alpha value is -5.38. The molecule has 0 bridgehead atoms. The Bertz CT molecular complexity index is 2950. The monoisotopic (exact) mass is 562 g/mol. The van der Waals surface area contributed by atoms with Gasteiger partial charge in [-0.15, -0.1) is 11.3 Å². The molecular weight excluding hydrogens is 541 g/mol. The van der Waals surface area contributed by atoms with Gasteiger partial charge in [0.1, 0.15) is 0 Å². The van der Waals surface area contributed by atoms with Gasteiger partial charge in [0.15, 0.2) is 0 Å². The van der Waals surface area contributed by atoms with Gasteiger partial charge in [-0.1, -0.05) is 84.9 Å². The summed E-state index contributed by atoms with van der Waals surface area (Å²) in [6, 6.07) is 49.6. The first-order chi connectivity index (χ1) is 21.3. The van der Waals surface area contributed by atoms with Gasteiger partial charge in [-0.3, -0.25) is 0 Å². The van der Waals surface area contributed by atoms with Crippen molar-refractivity contribution < 1.29 is 0 Å². The summed E-state index contributed by atoms with van der Waals surface area (Å²) in [5, 5.41) is 13.2. The summed E-state index contributed by atoms with van der Waals surface area (Å²) in [5.74, 6) is 0. The summed E-state index contributed by atoms with van der Waals surface area (Å²) in [5.41, 5.74) is 7.55. The van der Waals surface area contributed by atoms with Crippen molar-refractivity contribution in [1.29, 1.82) is 0 Å². The van der Waals surface area contributed by atoms with Crippen molar-refractivity contribution in [2.24, 2.45) is 0 Å². The van der Waals surface area contributed by atoms with E-state index >= 15 is 0 Å². The molecule has 0 fully saturated rings. The number of aromatic nitrogens is 2. The second-order valence-electron chi connectivity index (χ2n) is 11.7. The summed E-state index contributed by atoms with van der Waals surface area (Å²) in [6.07, 6.45) is 0. The molecule has 0 aliphatic rings. The number of fused-ring (bicyclic) bond motifs is 15. The quantitative estimate of drug-likeness (QED) is 0.188.